The number of amides is 1. The third-order valence-electron chi connectivity index (χ3n) is 4.79. The maximum atomic E-state index is 12.5. The zero-order valence-corrected chi connectivity index (χ0v) is 22.4. The monoisotopic (exact) mass is 588 g/mol. The van der Waals surface area contributed by atoms with Gasteiger partial charge in [0.15, 0.2) is 11.5 Å². The summed E-state index contributed by atoms with van der Waals surface area (Å²) in [6.07, 6.45) is 2.44. The normalized spacial score (nSPS) is 10.9. The van der Waals surface area contributed by atoms with E-state index >= 15 is 0 Å². The van der Waals surface area contributed by atoms with E-state index in [1.165, 1.54) is 12.7 Å². The lowest BCUT2D eigenvalue weighted by Crippen LogP contribution is -2.17. The van der Waals surface area contributed by atoms with Crippen LogP contribution in [0.1, 0.15) is 40.4 Å². The van der Waals surface area contributed by atoms with E-state index in [1.807, 2.05) is 31.2 Å². The summed E-state index contributed by atoms with van der Waals surface area (Å²) in [6, 6.07) is 17.0. The van der Waals surface area contributed by atoms with E-state index in [9.17, 15) is 4.79 Å². The number of methoxy groups -OCH3 is 1. The molecule has 0 aliphatic heterocycles. The van der Waals surface area contributed by atoms with Crippen LogP contribution >= 0.6 is 31.9 Å². The second-order valence-corrected chi connectivity index (χ2v) is 9.21. The molecule has 3 rings (SSSR count). The van der Waals surface area contributed by atoms with Gasteiger partial charge in [0.1, 0.15) is 12.4 Å². The summed E-state index contributed by atoms with van der Waals surface area (Å²) >= 11 is 7.10. The molecule has 0 bridgehead atoms. The fourth-order valence-corrected chi connectivity index (χ4v) is 4.45. The molecule has 0 saturated carbocycles. The van der Waals surface area contributed by atoms with Crippen LogP contribution in [0.4, 0.5) is 0 Å². The quantitative estimate of drug-likeness (QED) is 0.212. The number of hydrogen-bond donors (Lipinski definition) is 1. The standard InChI is InChI=1S/C26H26Br2N2O4/c1-4-11-33-23-10-9-20(14-24(23)32-3)26(31)30-29-15-19-12-21(27)25(22(28)13-19)34-16-18-7-5-17(2)6-8-18/h5-10,12-15H,4,11,16H2,1-3H3,(H,30,31)/b29-15+. The Morgan fingerprint density at radius 3 is 2.35 bits per heavy atom. The lowest BCUT2D eigenvalue weighted by molar-refractivity contribution is 0.0954. The maximum absolute atomic E-state index is 12.5. The summed E-state index contributed by atoms with van der Waals surface area (Å²) < 4.78 is 18.5. The minimum atomic E-state index is -0.354. The number of hydrazone groups is 1. The smallest absolute Gasteiger partial charge is 0.271 e. The first-order valence-corrected chi connectivity index (χ1v) is 12.3. The Bertz CT molecular complexity index is 1140. The fourth-order valence-electron chi connectivity index (χ4n) is 3.00. The molecule has 0 aliphatic carbocycles. The molecule has 0 unspecified atom stereocenters. The van der Waals surface area contributed by atoms with Crippen LogP contribution in [0.5, 0.6) is 17.2 Å². The Balaban J connectivity index is 1.63. The van der Waals surface area contributed by atoms with Crippen LogP contribution < -0.4 is 19.6 Å². The molecule has 3 aromatic rings. The van der Waals surface area contributed by atoms with Crippen LogP contribution in [-0.2, 0) is 6.61 Å². The summed E-state index contributed by atoms with van der Waals surface area (Å²) in [4.78, 5) is 12.5. The summed E-state index contributed by atoms with van der Waals surface area (Å²) in [5.74, 6) is 1.44. The number of rotatable bonds is 10. The number of benzene rings is 3. The lowest BCUT2D eigenvalue weighted by Gasteiger charge is -2.12. The third-order valence-corrected chi connectivity index (χ3v) is 5.97. The molecular weight excluding hydrogens is 564 g/mol. The van der Waals surface area contributed by atoms with Crippen LogP contribution in [0.15, 0.2) is 68.6 Å². The summed E-state index contributed by atoms with van der Waals surface area (Å²) in [6.45, 7) is 5.10. The van der Waals surface area contributed by atoms with Crippen molar-refractivity contribution in [1.82, 2.24) is 5.43 Å². The van der Waals surface area contributed by atoms with Crippen molar-refractivity contribution in [2.24, 2.45) is 5.10 Å². The number of ether oxygens (including phenoxy) is 3. The zero-order valence-electron chi connectivity index (χ0n) is 19.2. The van der Waals surface area contributed by atoms with Crippen LogP contribution in [-0.4, -0.2) is 25.8 Å². The minimum absolute atomic E-state index is 0.354. The van der Waals surface area contributed by atoms with Crippen molar-refractivity contribution in [3.8, 4) is 17.2 Å². The van der Waals surface area contributed by atoms with Crippen molar-refractivity contribution in [1.29, 1.82) is 0 Å². The highest BCUT2D eigenvalue weighted by atomic mass is 79.9. The van der Waals surface area contributed by atoms with E-state index in [4.69, 9.17) is 14.2 Å². The average molecular weight is 590 g/mol. The molecule has 0 spiro atoms. The summed E-state index contributed by atoms with van der Waals surface area (Å²) in [7, 11) is 1.54. The van der Waals surface area contributed by atoms with Gasteiger partial charge < -0.3 is 14.2 Å². The highest BCUT2D eigenvalue weighted by molar-refractivity contribution is 9.11. The SMILES string of the molecule is CCCOc1ccc(C(=O)N/N=C/c2cc(Br)c(OCc3ccc(C)cc3)c(Br)c2)cc1OC. The molecule has 8 heteroatoms. The number of nitrogens with zero attached hydrogens (tertiary/aromatic N) is 1. The number of carbonyl (C=O) groups excluding carboxylic acids is 1. The Labute approximate surface area is 216 Å². The number of halogens is 2. The minimum Gasteiger partial charge on any atom is -0.493 e. The van der Waals surface area contributed by atoms with Crippen molar-refractivity contribution in [3.05, 3.63) is 85.8 Å². The van der Waals surface area contributed by atoms with Crippen molar-refractivity contribution in [2.75, 3.05) is 13.7 Å². The maximum Gasteiger partial charge on any atom is 0.271 e. The molecule has 1 amide bonds. The molecule has 0 radical (unpaired) electrons. The fraction of sp³-hybridized carbons (Fsp3) is 0.231. The third kappa shape index (κ3) is 7.08. The molecule has 0 fully saturated rings. The summed E-state index contributed by atoms with van der Waals surface area (Å²) in [5.41, 5.74) is 6.03. The van der Waals surface area contributed by atoms with Crippen molar-refractivity contribution in [3.63, 3.8) is 0 Å². The molecule has 178 valence electrons. The van der Waals surface area contributed by atoms with Crippen LogP contribution in [0.25, 0.3) is 0 Å². The van der Waals surface area contributed by atoms with Crippen LogP contribution in [0, 0.1) is 6.92 Å². The van der Waals surface area contributed by atoms with Gasteiger partial charge in [0, 0.05) is 5.56 Å². The van der Waals surface area contributed by atoms with Gasteiger partial charge in [-0.2, -0.15) is 5.10 Å². The van der Waals surface area contributed by atoms with Gasteiger partial charge in [0.05, 0.1) is 28.9 Å². The molecule has 6 nitrogen and oxygen atoms in total. The first-order chi connectivity index (χ1) is 16.4. The molecule has 0 saturated heterocycles. The molecule has 1 N–H and O–H groups in total. The van der Waals surface area contributed by atoms with E-state index < -0.39 is 0 Å². The van der Waals surface area contributed by atoms with E-state index in [0.717, 1.165) is 26.5 Å². The average Bonchev–Trinajstić information content (AvgIpc) is 2.83. The largest absolute Gasteiger partial charge is 0.493 e. The molecule has 3 aromatic carbocycles. The first kappa shape index (κ1) is 25.8. The Kier molecular flexibility index (Phi) is 9.53. The Morgan fingerprint density at radius 2 is 1.71 bits per heavy atom. The highest BCUT2D eigenvalue weighted by Gasteiger charge is 2.12. The number of aryl methyl sites for hydroxylation is 1. The molecule has 0 aromatic heterocycles. The molecule has 0 heterocycles. The van der Waals surface area contributed by atoms with Crippen molar-refractivity contribution < 1.29 is 19.0 Å². The molecule has 0 atom stereocenters. The zero-order chi connectivity index (χ0) is 24.5. The second kappa shape index (κ2) is 12.6. The highest BCUT2D eigenvalue weighted by Crippen LogP contribution is 2.35. The van der Waals surface area contributed by atoms with E-state index in [2.05, 4.69) is 61.4 Å². The van der Waals surface area contributed by atoms with Crippen LogP contribution in [0.2, 0.25) is 0 Å². The molecule has 0 aliphatic rings. The first-order valence-electron chi connectivity index (χ1n) is 10.7. The van der Waals surface area contributed by atoms with Gasteiger partial charge in [-0.25, -0.2) is 5.43 Å². The van der Waals surface area contributed by atoms with Crippen molar-refractivity contribution in [2.45, 2.75) is 26.9 Å². The number of nitrogens with one attached hydrogen (secondary N) is 1. The molecular formula is C26H26Br2N2O4. The predicted molar refractivity (Wildman–Crippen MR) is 141 cm³/mol. The van der Waals surface area contributed by atoms with Gasteiger partial charge in [-0.3, -0.25) is 4.79 Å². The van der Waals surface area contributed by atoms with E-state index in [-0.39, 0.29) is 5.91 Å². The Hall–Kier alpha value is -2.84. The van der Waals surface area contributed by atoms with Gasteiger partial charge in [-0.1, -0.05) is 36.8 Å². The Morgan fingerprint density at radius 1 is 1.00 bits per heavy atom. The summed E-state index contributed by atoms with van der Waals surface area (Å²) in [5, 5.41) is 4.08. The lowest BCUT2D eigenvalue weighted by atomic mass is 10.2. The van der Waals surface area contributed by atoms with Gasteiger partial charge in [-0.05, 0) is 86.7 Å². The number of carbonyl (C=O) groups is 1. The topological polar surface area (TPSA) is 69.2 Å². The second-order valence-electron chi connectivity index (χ2n) is 7.50. The predicted octanol–water partition coefficient (Wildman–Crippen LogP) is 6.66. The van der Waals surface area contributed by atoms with Crippen LogP contribution in [0.3, 0.4) is 0 Å². The molecule has 34 heavy (non-hydrogen) atoms. The van der Waals surface area contributed by atoms with Gasteiger partial charge in [0.2, 0.25) is 0 Å². The van der Waals surface area contributed by atoms with Gasteiger partial charge >= 0.3 is 0 Å². The van der Waals surface area contributed by atoms with Crippen molar-refractivity contribution >= 4 is 44.0 Å². The van der Waals surface area contributed by atoms with Gasteiger partial charge in [0.25, 0.3) is 5.91 Å². The van der Waals surface area contributed by atoms with Gasteiger partial charge in [-0.15, -0.1) is 0 Å². The van der Waals surface area contributed by atoms with E-state index in [0.29, 0.717) is 36.0 Å². The number of hydrogen-bond acceptors (Lipinski definition) is 5. The van der Waals surface area contributed by atoms with E-state index in [1.54, 1.807) is 24.4 Å².